The second-order valence-electron chi connectivity index (χ2n) is 7.07. The molecule has 27 heavy (non-hydrogen) atoms. The van der Waals surface area contributed by atoms with E-state index < -0.39 is 0 Å². The van der Waals surface area contributed by atoms with Crippen LogP contribution in [0.3, 0.4) is 0 Å². The first-order valence-electron chi connectivity index (χ1n) is 9.15. The Morgan fingerprint density at radius 2 is 2.04 bits per heavy atom. The van der Waals surface area contributed by atoms with E-state index in [9.17, 15) is 9.59 Å². The lowest BCUT2D eigenvalue weighted by Gasteiger charge is -2.36. The van der Waals surface area contributed by atoms with Crippen LogP contribution in [0.5, 0.6) is 5.75 Å². The van der Waals surface area contributed by atoms with Crippen LogP contribution in [-0.2, 0) is 4.79 Å². The highest BCUT2D eigenvalue weighted by molar-refractivity contribution is 8.18. The van der Waals surface area contributed by atoms with Gasteiger partial charge in [-0.1, -0.05) is 12.1 Å². The Kier molecular flexibility index (Phi) is 6.34. The maximum atomic E-state index is 12.0. The van der Waals surface area contributed by atoms with Crippen molar-refractivity contribution in [1.29, 1.82) is 0 Å². The minimum absolute atomic E-state index is 0. The van der Waals surface area contributed by atoms with Gasteiger partial charge >= 0.3 is 0 Å². The first-order chi connectivity index (χ1) is 12.6. The lowest BCUT2D eigenvalue weighted by atomic mass is 9.96. The van der Waals surface area contributed by atoms with Gasteiger partial charge in [0.05, 0.1) is 16.7 Å². The number of thioether (sulfide) groups is 1. The topological polar surface area (TPSA) is 84.7 Å². The summed E-state index contributed by atoms with van der Waals surface area (Å²) in [6.45, 7) is 1.67. The molecule has 1 atom stereocenters. The standard InChI is InChI=1S/C19H23N3O3S.ClH/c20-13-5-3-9-22(11-13)17-12(10-16-18(23)21-19(24)26-16)4-1-8-15(17)25-14-6-2-7-14;/h1,4,8,10,13-14H,2-3,5-7,9,11,20H2,(H,21,23,24);1H. The lowest BCUT2D eigenvalue weighted by Crippen LogP contribution is -2.43. The zero-order chi connectivity index (χ0) is 18.1. The summed E-state index contributed by atoms with van der Waals surface area (Å²) in [4.78, 5) is 26.1. The van der Waals surface area contributed by atoms with Crippen molar-refractivity contribution >= 4 is 47.1 Å². The maximum absolute atomic E-state index is 12.0. The number of amides is 2. The molecule has 2 heterocycles. The molecule has 2 aliphatic heterocycles. The third kappa shape index (κ3) is 4.42. The van der Waals surface area contributed by atoms with Gasteiger partial charge in [-0.05, 0) is 56.0 Å². The number of ether oxygens (including phenoxy) is 1. The molecule has 0 aromatic heterocycles. The van der Waals surface area contributed by atoms with Gasteiger partial charge in [0, 0.05) is 24.7 Å². The summed E-state index contributed by atoms with van der Waals surface area (Å²) in [5.41, 5.74) is 8.07. The van der Waals surface area contributed by atoms with Crippen LogP contribution in [0.15, 0.2) is 23.1 Å². The van der Waals surface area contributed by atoms with E-state index in [1.165, 1.54) is 6.42 Å². The second kappa shape index (κ2) is 8.54. The molecule has 3 N–H and O–H groups in total. The Morgan fingerprint density at radius 3 is 2.67 bits per heavy atom. The third-order valence-corrected chi connectivity index (χ3v) is 5.89. The fraction of sp³-hybridized carbons (Fsp3) is 0.474. The molecule has 8 heteroatoms. The van der Waals surface area contributed by atoms with Gasteiger partial charge < -0.3 is 15.4 Å². The first kappa shape index (κ1) is 20.0. The summed E-state index contributed by atoms with van der Waals surface area (Å²) >= 11 is 0.937. The number of piperidine rings is 1. The molecule has 1 aromatic carbocycles. The van der Waals surface area contributed by atoms with Gasteiger partial charge in [0.25, 0.3) is 11.1 Å². The molecule has 2 saturated heterocycles. The van der Waals surface area contributed by atoms with Crippen molar-refractivity contribution in [2.75, 3.05) is 18.0 Å². The third-order valence-electron chi connectivity index (χ3n) is 5.08. The number of halogens is 1. The number of nitrogens with zero attached hydrogens (tertiary/aromatic N) is 1. The molecule has 1 unspecified atom stereocenters. The molecule has 6 nitrogen and oxygen atoms in total. The zero-order valence-electron chi connectivity index (χ0n) is 15.0. The number of anilines is 1. The molecule has 1 aliphatic carbocycles. The van der Waals surface area contributed by atoms with E-state index >= 15 is 0 Å². The van der Waals surface area contributed by atoms with Crippen molar-refractivity contribution in [1.82, 2.24) is 5.32 Å². The van der Waals surface area contributed by atoms with E-state index in [1.54, 1.807) is 6.08 Å². The number of carbonyl (C=O) groups is 2. The van der Waals surface area contributed by atoms with Gasteiger partial charge in [0.2, 0.25) is 0 Å². The first-order valence-corrected chi connectivity index (χ1v) is 9.97. The molecule has 1 aromatic rings. The van der Waals surface area contributed by atoms with E-state index in [1.807, 2.05) is 18.2 Å². The van der Waals surface area contributed by atoms with Crippen LogP contribution in [0, 0.1) is 0 Å². The van der Waals surface area contributed by atoms with E-state index in [2.05, 4.69) is 10.2 Å². The Bertz CT molecular complexity index is 767. The summed E-state index contributed by atoms with van der Waals surface area (Å²) in [5, 5.41) is 1.98. The van der Waals surface area contributed by atoms with Gasteiger partial charge in [0.15, 0.2) is 0 Å². The number of para-hydroxylation sites is 1. The molecular formula is C19H24ClN3O3S. The van der Waals surface area contributed by atoms with Crippen molar-refractivity contribution in [3.63, 3.8) is 0 Å². The number of nitrogens with one attached hydrogen (secondary N) is 1. The van der Waals surface area contributed by atoms with Crippen LogP contribution < -0.4 is 20.7 Å². The average Bonchev–Trinajstić information content (AvgIpc) is 2.88. The maximum Gasteiger partial charge on any atom is 0.290 e. The second-order valence-corrected chi connectivity index (χ2v) is 8.08. The molecule has 0 radical (unpaired) electrons. The molecular weight excluding hydrogens is 386 g/mol. The highest BCUT2D eigenvalue weighted by Crippen LogP contribution is 2.39. The van der Waals surface area contributed by atoms with E-state index in [4.69, 9.17) is 10.5 Å². The normalized spacial score (nSPS) is 24.4. The number of rotatable bonds is 4. The largest absolute Gasteiger partial charge is 0.488 e. The van der Waals surface area contributed by atoms with Gasteiger partial charge in [-0.3, -0.25) is 14.9 Å². The number of hydrogen-bond donors (Lipinski definition) is 2. The summed E-state index contributed by atoms with van der Waals surface area (Å²) in [6, 6.07) is 6.02. The van der Waals surface area contributed by atoms with Crippen LogP contribution in [0.4, 0.5) is 10.5 Å². The Balaban J connectivity index is 0.00000210. The monoisotopic (exact) mass is 409 g/mol. The van der Waals surface area contributed by atoms with E-state index in [-0.39, 0.29) is 35.7 Å². The number of nitrogens with two attached hydrogens (primary N) is 1. The smallest absolute Gasteiger partial charge is 0.290 e. The van der Waals surface area contributed by atoms with Crippen molar-refractivity contribution in [3.8, 4) is 5.75 Å². The van der Waals surface area contributed by atoms with Crippen LogP contribution >= 0.6 is 24.2 Å². The fourth-order valence-electron chi connectivity index (χ4n) is 3.53. The zero-order valence-corrected chi connectivity index (χ0v) is 16.6. The van der Waals surface area contributed by atoms with Crippen LogP contribution in [0.2, 0.25) is 0 Å². The molecule has 146 valence electrons. The summed E-state index contributed by atoms with van der Waals surface area (Å²) in [7, 11) is 0. The van der Waals surface area contributed by atoms with E-state index in [0.717, 1.165) is 67.5 Å². The van der Waals surface area contributed by atoms with Crippen LogP contribution in [0.25, 0.3) is 6.08 Å². The minimum Gasteiger partial charge on any atom is -0.488 e. The van der Waals surface area contributed by atoms with Crippen LogP contribution in [-0.4, -0.2) is 36.4 Å². The summed E-state index contributed by atoms with van der Waals surface area (Å²) < 4.78 is 6.24. The molecule has 3 aliphatic rings. The molecule has 4 rings (SSSR count). The highest BCUT2D eigenvalue weighted by Gasteiger charge is 2.28. The Hall–Kier alpha value is -1.70. The van der Waals surface area contributed by atoms with Gasteiger partial charge in [-0.25, -0.2) is 0 Å². The van der Waals surface area contributed by atoms with Crippen molar-refractivity contribution in [3.05, 3.63) is 28.7 Å². The highest BCUT2D eigenvalue weighted by atomic mass is 35.5. The Morgan fingerprint density at radius 1 is 1.22 bits per heavy atom. The predicted octanol–water partition coefficient (Wildman–Crippen LogP) is 3.29. The molecule has 2 amide bonds. The Labute approximate surface area is 169 Å². The summed E-state index contributed by atoms with van der Waals surface area (Å²) in [5.74, 6) is 0.500. The molecule has 0 spiro atoms. The van der Waals surface area contributed by atoms with Crippen LogP contribution in [0.1, 0.15) is 37.7 Å². The molecule has 0 bridgehead atoms. The van der Waals surface area contributed by atoms with Gasteiger partial charge in [0.1, 0.15) is 5.75 Å². The van der Waals surface area contributed by atoms with Gasteiger partial charge in [-0.15, -0.1) is 12.4 Å². The van der Waals surface area contributed by atoms with Gasteiger partial charge in [-0.2, -0.15) is 0 Å². The number of carbonyl (C=O) groups excluding carboxylic acids is 2. The summed E-state index contributed by atoms with van der Waals surface area (Å²) in [6.07, 6.45) is 7.47. The fourth-order valence-corrected chi connectivity index (χ4v) is 4.21. The molecule has 1 saturated carbocycles. The number of benzene rings is 1. The van der Waals surface area contributed by atoms with E-state index in [0.29, 0.717) is 4.91 Å². The minimum atomic E-state index is -0.341. The number of hydrogen-bond acceptors (Lipinski definition) is 6. The predicted molar refractivity (Wildman–Crippen MR) is 110 cm³/mol. The van der Waals surface area contributed by atoms with Crippen molar-refractivity contribution in [2.45, 2.75) is 44.2 Å². The number of imide groups is 1. The lowest BCUT2D eigenvalue weighted by molar-refractivity contribution is -0.115. The van der Waals surface area contributed by atoms with Crippen molar-refractivity contribution < 1.29 is 14.3 Å². The quantitative estimate of drug-likeness (QED) is 0.742. The molecule has 3 fully saturated rings. The average molecular weight is 410 g/mol. The van der Waals surface area contributed by atoms with Crippen molar-refractivity contribution in [2.24, 2.45) is 5.73 Å². The SMILES string of the molecule is Cl.NC1CCCN(c2c(C=C3SC(=O)NC3=O)cccc2OC2CCC2)C1.